The maximum atomic E-state index is 10.4. The summed E-state index contributed by atoms with van der Waals surface area (Å²) in [6, 6.07) is 16.0. The van der Waals surface area contributed by atoms with Crippen LogP contribution in [0.5, 0.6) is 0 Å². The van der Waals surface area contributed by atoms with Crippen molar-refractivity contribution >= 4 is 17.6 Å². The summed E-state index contributed by atoms with van der Waals surface area (Å²) in [5.41, 5.74) is 4.18. The number of nitrogens with zero attached hydrogens (tertiary/aromatic N) is 1. The first-order valence-electron chi connectivity index (χ1n) is 5.74. The Kier molecular flexibility index (Phi) is 2.57. The summed E-state index contributed by atoms with van der Waals surface area (Å²) in [5, 5.41) is 2.66. The largest absolute Gasteiger partial charge is 0.329 e. The number of nitrogens with one attached hydrogen (secondary N) is 1. The van der Waals surface area contributed by atoms with Crippen LogP contribution in [0.3, 0.4) is 0 Å². The molecule has 0 aliphatic rings. The first-order chi connectivity index (χ1) is 8.86. The first kappa shape index (κ1) is 10.6. The van der Waals surface area contributed by atoms with Crippen LogP contribution < -0.4 is 5.32 Å². The molecular weight excluding hydrogens is 224 g/mol. The van der Waals surface area contributed by atoms with Gasteiger partial charge in [-0.15, -0.1) is 0 Å². The SMILES string of the molecule is O=CNc1cccc(-c2cc3ccccn3c2)c1. The highest BCUT2D eigenvalue weighted by molar-refractivity contribution is 5.77. The van der Waals surface area contributed by atoms with Crippen molar-refractivity contribution in [1.82, 2.24) is 4.40 Å². The van der Waals surface area contributed by atoms with E-state index >= 15 is 0 Å². The van der Waals surface area contributed by atoms with Crippen LogP contribution in [0.25, 0.3) is 16.6 Å². The molecule has 88 valence electrons. The fraction of sp³-hybridized carbons (Fsp3) is 0. The number of fused-ring (bicyclic) bond motifs is 1. The van der Waals surface area contributed by atoms with Gasteiger partial charge in [-0.1, -0.05) is 18.2 Å². The van der Waals surface area contributed by atoms with E-state index in [4.69, 9.17) is 0 Å². The second kappa shape index (κ2) is 4.37. The summed E-state index contributed by atoms with van der Waals surface area (Å²) in [6.07, 6.45) is 4.79. The number of carbonyl (C=O) groups excluding carboxylic acids is 1. The van der Waals surface area contributed by atoms with E-state index in [1.807, 2.05) is 42.6 Å². The van der Waals surface area contributed by atoms with Crippen LogP contribution in [0.4, 0.5) is 5.69 Å². The number of rotatable bonds is 3. The van der Waals surface area contributed by atoms with Crippen LogP contribution in [-0.2, 0) is 4.79 Å². The van der Waals surface area contributed by atoms with Crippen molar-refractivity contribution in [3.8, 4) is 11.1 Å². The Labute approximate surface area is 105 Å². The highest BCUT2D eigenvalue weighted by Crippen LogP contribution is 2.24. The highest BCUT2D eigenvalue weighted by atomic mass is 16.1. The molecule has 0 unspecified atom stereocenters. The fourth-order valence-electron chi connectivity index (χ4n) is 2.07. The minimum absolute atomic E-state index is 0.690. The Morgan fingerprint density at radius 3 is 2.78 bits per heavy atom. The summed E-state index contributed by atoms with van der Waals surface area (Å²) < 4.78 is 2.08. The molecule has 18 heavy (non-hydrogen) atoms. The van der Waals surface area contributed by atoms with Crippen molar-refractivity contribution in [3.05, 3.63) is 60.9 Å². The minimum atomic E-state index is 0.690. The molecule has 0 radical (unpaired) electrons. The molecule has 3 heteroatoms. The van der Waals surface area contributed by atoms with E-state index in [0.717, 1.165) is 22.3 Å². The molecule has 1 N–H and O–H groups in total. The van der Waals surface area contributed by atoms with Gasteiger partial charge in [0.1, 0.15) is 0 Å². The van der Waals surface area contributed by atoms with Gasteiger partial charge in [0.25, 0.3) is 0 Å². The maximum Gasteiger partial charge on any atom is 0.211 e. The average molecular weight is 236 g/mol. The number of aromatic nitrogens is 1. The summed E-state index contributed by atoms with van der Waals surface area (Å²) in [4.78, 5) is 10.4. The monoisotopic (exact) mass is 236 g/mol. The standard InChI is InChI=1S/C15H12N2O/c18-11-16-14-5-3-4-12(8-14)13-9-15-6-1-2-7-17(15)10-13/h1-11H,(H,16,18). The molecular formula is C15H12N2O. The van der Waals surface area contributed by atoms with Crippen molar-refractivity contribution in [3.63, 3.8) is 0 Å². The van der Waals surface area contributed by atoms with E-state index in [9.17, 15) is 4.79 Å². The lowest BCUT2D eigenvalue weighted by atomic mass is 10.1. The molecule has 0 atom stereocenters. The molecule has 3 nitrogen and oxygen atoms in total. The summed E-state index contributed by atoms with van der Waals surface area (Å²) in [6.45, 7) is 0. The quantitative estimate of drug-likeness (QED) is 0.696. The number of pyridine rings is 1. The fourth-order valence-corrected chi connectivity index (χ4v) is 2.07. The third-order valence-corrected chi connectivity index (χ3v) is 2.93. The molecule has 0 saturated heterocycles. The Morgan fingerprint density at radius 1 is 1.00 bits per heavy atom. The van der Waals surface area contributed by atoms with Crippen LogP contribution in [-0.4, -0.2) is 10.8 Å². The van der Waals surface area contributed by atoms with Crippen LogP contribution >= 0.6 is 0 Å². The van der Waals surface area contributed by atoms with E-state index in [-0.39, 0.29) is 0 Å². The van der Waals surface area contributed by atoms with E-state index in [1.165, 1.54) is 0 Å². The predicted octanol–water partition coefficient (Wildman–Crippen LogP) is 3.17. The molecule has 3 aromatic rings. The molecule has 0 aliphatic carbocycles. The number of amides is 1. The second-order valence-electron chi connectivity index (χ2n) is 4.10. The number of hydrogen-bond donors (Lipinski definition) is 1. The van der Waals surface area contributed by atoms with Crippen molar-refractivity contribution < 1.29 is 4.79 Å². The zero-order chi connectivity index (χ0) is 12.4. The smallest absolute Gasteiger partial charge is 0.211 e. The van der Waals surface area contributed by atoms with Gasteiger partial charge in [-0.2, -0.15) is 0 Å². The first-order valence-corrected chi connectivity index (χ1v) is 5.74. The van der Waals surface area contributed by atoms with Crippen molar-refractivity contribution in [2.24, 2.45) is 0 Å². The Hall–Kier alpha value is -2.55. The normalized spacial score (nSPS) is 10.4. The molecule has 2 heterocycles. The number of carbonyl (C=O) groups is 1. The molecule has 1 aromatic carbocycles. The van der Waals surface area contributed by atoms with Crippen molar-refractivity contribution in [1.29, 1.82) is 0 Å². The number of benzene rings is 1. The van der Waals surface area contributed by atoms with E-state index in [0.29, 0.717) is 6.41 Å². The zero-order valence-electron chi connectivity index (χ0n) is 9.71. The molecule has 2 aromatic heterocycles. The van der Waals surface area contributed by atoms with Gasteiger partial charge in [0.05, 0.1) is 0 Å². The lowest BCUT2D eigenvalue weighted by molar-refractivity contribution is -0.105. The van der Waals surface area contributed by atoms with Crippen LogP contribution in [0.2, 0.25) is 0 Å². The number of hydrogen-bond acceptors (Lipinski definition) is 1. The van der Waals surface area contributed by atoms with Crippen LogP contribution in [0, 0.1) is 0 Å². The molecule has 0 spiro atoms. The third-order valence-electron chi connectivity index (χ3n) is 2.93. The predicted molar refractivity (Wildman–Crippen MR) is 72.5 cm³/mol. The molecule has 0 saturated carbocycles. The van der Waals surface area contributed by atoms with Gasteiger partial charge in [0.2, 0.25) is 6.41 Å². The van der Waals surface area contributed by atoms with Gasteiger partial charge in [-0.25, -0.2) is 0 Å². The van der Waals surface area contributed by atoms with Crippen LogP contribution in [0.15, 0.2) is 60.9 Å². The van der Waals surface area contributed by atoms with Crippen molar-refractivity contribution in [2.75, 3.05) is 5.32 Å². The summed E-state index contributed by atoms with van der Waals surface area (Å²) in [7, 11) is 0. The zero-order valence-corrected chi connectivity index (χ0v) is 9.71. The summed E-state index contributed by atoms with van der Waals surface area (Å²) >= 11 is 0. The van der Waals surface area contributed by atoms with Gasteiger partial charge < -0.3 is 9.72 Å². The van der Waals surface area contributed by atoms with Gasteiger partial charge in [0, 0.05) is 29.2 Å². The molecule has 1 amide bonds. The topological polar surface area (TPSA) is 33.5 Å². The van der Waals surface area contributed by atoms with Gasteiger partial charge in [-0.05, 0) is 35.9 Å². The molecule has 3 rings (SSSR count). The van der Waals surface area contributed by atoms with Gasteiger partial charge >= 0.3 is 0 Å². The van der Waals surface area contributed by atoms with Gasteiger partial charge in [-0.3, -0.25) is 4.79 Å². The lowest BCUT2D eigenvalue weighted by Crippen LogP contribution is -1.92. The molecule has 0 fully saturated rings. The van der Waals surface area contributed by atoms with E-state index < -0.39 is 0 Å². The van der Waals surface area contributed by atoms with Gasteiger partial charge in [0.15, 0.2) is 0 Å². The maximum absolute atomic E-state index is 10.4. The molecule has 0 aliphatic heterocycles. The Morgan fingerprint density at radius 2 is 1.94 bits per heavy atom. The third kappa shape index (κ3) is 1.86. The minimum Gasteiger partial charge on any atom is -0.329 e. The average Bonchev–Trinajstić information content (AvgIpc) is 2.83. The Bertz CT molecular complexity index is 667. The van der Waals surface area contributed by atoms with Crippen LogP contribution in [0.1, 0.15) is 0 Å². The van der Waals surface area contributed by atoms with Crippen molar-refractivity contribution in [2.45, 2.75) is 0 Å². The summed E-state index contributed by atoms with van der Waals surface area (Å²) in [5.74, 6) is 0. The molecule has 0 bridgehead atoms. The lowest BCUT2D eigenvalue weighted by Gasteiger charge is -2.01. The van der Waals surface area contributed by atoms with E-state index in [2.05, 4.69) is 28.0 Å². The highest BCUT2D eigenvalue weighted by Gasteiger charge is 2.02. The second-order valence-corrected chi connectivity index (χ2v) is 4.10. The number of anilines is 1. The van der Waals surface area contributed by atoms with E-state index in [1.54, 1.807) is 0 Å². The Balaban J connectivity index is 2.08.